The van der Waals surface area contributed by atoms with E-state index in [1.807, 2.05) is 6.92 Å². The molecule has 4 bridgehead atoms. The van der Waals surface area contributed by atoms with Crippen LogP contribution in [-0.4, -0.2) is 23.7 Å². The van der Waals surface area contributed by atoms with Crippen LogP contribution in [0.5, 0.6) is 0 Å². The summed E-state index contributed by atoms with van der Waals surface area (Å²) in [6, 6.07) is -0.0730. The summed E-state index contributed by atoms with van der Waals surface area (Å²) in [7, 11) is 0. The van der Waals surface area contributed by atoms with Gasteiger partial charge < -0.3 is 10.4 Å². The van der Waals surface area contributed by atoms with Gasteiger partial charge in [0.15, 0.2) is 0 Å². The van der Waals surface area contributed by atoms with Crippen LogP contribution in [0.2, 0.25) is 0 Å². The van der Waals surface area contributed by atoms with Crippen LogP contribution in [0.1, 0.15) is 65.7 Å². The van der Waals surface area contributed by atoms with Crippen molar-refractivity contribution >= 4 is 5.91 Å². The summed E-state index contributed by atoms with van der Waals surface area (Å²) in [5.74, 6) is 0.959. The molecule has 4 saturated carbocycles. The molecule has 3 heteroatoms. The molecule has 114 valence electrons. The fourth-order valence-electron chi connectivity index (χ4n) is 6.32. The largest absolute Gasteiger partial charge is 0.394 e. The molecule has 4 aliphatic carbocycles. The Hall–Kier alpha value is -0.570. The Morgan fingerprint density at radius 3 is 2.25 bits per heavy atom. The molecule has 4 aliphatic rings. The summed E-state index contributed by atoms with van der Waals surface area (Å²) in [4.78, 5) is 12.9. The molecule has 20 heavy (non-hydrogen) atoms. The molecule has 0 aromatic rings. The van der Waals surface area contributed by atoms with Gasteiger partial charge in [-0.05, 0) is 61.7 Å². The summed E-state index contributed by atoms with van der Waals surface area (Å²) >= 11 is 0. The Morgan fingerprint density at radius 2 is 1.80 bits per heavy atom. The first-order chi connectivity index (χ1) is 9.32. The van der Waals surface area contributed by atoms with Gasteiger partial charge >= 0.3 is 0 Å². The van der Waals surface area contributed by atoms with E-state index in [0.717, 1.165) is 31.6 Å². The topological polar surface area (TPSA) is 49.3 Å². The molecule has 0 radical (unpaired) electrons. The Bertz CT molecular complexity index is 397. The first-order valence-electron chi connectivity index (χ1n) is 8.24. The summed E-state index contributed by atoms with van der Waals surface area (Å²) in [6.07, 6.45) is 7.91. The highest BCUT2D eigenvalue weighted by Crippen LogP contribution is 2.69. The van der Waals surface area contributed by atoms with Gasteiger partial charge in [0, 0.05) is 0 Å². The van der Waals surface area contributed by atoms with Gasteiger partial charge in [-0.3, -0.25) is 4.79 Å². The second-order valence-corrected chi connectivity index (χ2v) is 8.67. The molecule has 0 saturated heterocycles. The minimum absolute atomic E-state index is 0.0519. The van der Waals surface area contributed by atoms with E-state index in [1.54, 1.807) is 0 Å². The third-order valence-electron chi connectivity index (χ3n) is 6.16. The fourth-order valence-corrected chi connectivity index (χ4v) is 6.32. The minimum Gasteiger partial charge on any atom is -0.394 e. The average molecular weight is 279 g/mol. The van der Waals surface area contributed by atoms with E-state index in [4.69, 9.17) is 0 Å². The van der Waals surface area contributed by atoms with Crippen molar-refractivity contribution in [1.82, 2.24) is 5.32 Å². The highest BCUT2D eigenvalue weighted by Gasteiger charge is 2.62. The number of aliphatic hydroxyl groups is 1. The zero-order chi connectivity index (χ0) is 14.6. The molecule has 0 aromatic heterocycles. The van der Waals surface area contributed by atoms with Crippen LogP contribution in [0.15, 0.2) is 0 Å². The van der Waals surface area contributed by atoms with Gasteiger partial charge in [-0.15, -0.1) is 0 Å². The molecule has 4 fully saturated rings. The van der Waals surface area contributed by atoms with Gasteiger partial charge in [0.05, 0.1) is 18.1 Å². The lowest BCUT2D eigenvalue weighted by atomic mass is 9.40. The van der Waals surface area contributed by atoms with Crippen LogP contribution < -0.4 is 5.32 Å². The van der Waals surface area contributed by atoms with Crippen molar-refractivity contribution < 1.29 is 9.90 Å². The zero-order valence-electron chi connectivity index (χ0n) is 13.2. The molecule has 0 aromatic carbocycles. The molecule has 3 nitrogen and oxygen atoms in total. The van der Waals surface area contributed by atoms with Gasteiger partial charge in [0.2, 0.25) is 5.91 Å². The Labute approximate surface area is 122 Å². The number of carbonyl (C=O) groups excluding carboxylic acids is 1. The lowest BCUT2D eigenvalue weighted by molar-refractivity contribution is -0.171. The average Bonchev–Trinajstić information content (AvgIpc) is 2.31. The van der Waals surface area contributed by atoms with Crippen molar-refractivity contribution in [1.29, 1.82) is 0 Å². The van der Waals surface area contributed by atoms with Gasteiger partial charge in [0.1, 0.15) is 0 Å². The predicted molar refractivity (Wildman–Crippen MR) is 79.1 cm³/mol. The van der Waals surface area contributed by atoms with Crippen molar-refractivity contribution in [2.24, 2.45) is 22.2 Å². The van der Waals surface area contributed by atoms with Crippen LogP contribution in [0.3, 0.4) is 0 Å². The third kappa shape index (κ3) is 2.18. The summed E-state index contributed by atoms with van der Waals surface area (Å²) in [6.45, 7) is 6.85. The highest BCUT2D eigenvalue weighted by atomic mass is 16.3. The minimum atomic E-state index is -0.147. The van der Waals surface area contributed by atoms with Crippen molar-refractivity contribution in [3.05, 3.63) is 0 Å². The van der Waals surface area contributed by atoms with E-state index in [2.05, 4.69) is 19.2 Å². The van der Waals surface area contributed by atoms with Crippen LogP contribution in [0, 0.1) is 22.2 Å². The second kappa shape index (κ2) is 4.46. The molecule has 0 aliphatic heterocycles. The number of hydrogen-bond acceptors (Lipinski definition) is 2. The number of nitrogens with one attached hydrogen (secondary N) is 1. The number of rotatable bonds is 4. The second-order valence-electron chi connectivity index (χ2n) is 8.67. The molecule has 1 amide bonds. The first kappa shape index (κ1) is 14.4. The maximum absolute atomic E-state index is 12.9. The Morgan fingerprint density at radius 1 is 1.20 bits per heavy atom. The van der Waals surface area contributed by atoms with E-state index in [9.17, 15) is 9.90 Å². The fraction of sp³-hybridized carbons (Fsp3) is 0.941. The van der Waals surface area contributed by atoms with E-state index >= 15 is 0 Å². The monoisotopic (exact) mass is 279 g/mol. The molecule has 3 atom stereocenters. The Balaban J connectivity index is 1.83. The summed E-state index contributed by atoms with van der Waals surface area (Å²) in [5, 5.41) is 12.5. The maximum Gasteiger partial charge on any atom is 0.226 e. The molecule has 0 heterocycles. The van der Waals surface area contributed by atoms with Crippen LogP contribution >= 0.6 is 0 Å². The van der Waals surface area contributed by atoms with E-state index in [1.165, 1.54) is 19.3 Å². The van der Waals surface area contributed by atoms with Crippen LogP contribution in [-0.2, 0) is 4.79 Å². The third-order valence-corrected chi connectivity index (χ3v) is 6.16. The summed E-state index contributed by atoms with van der Waals surface area (Å²) < 4.78 is 0. The van der Waals surface area contributed by atoms with Gasteiger partial charge in [-0.25, -0.2) is 0 Å². The van der Waals surface area contributed by atoms with Crippen molar-refractivity contribution in [2.45, 2.75) is 71.8 Å². The maximum atomic E-state index is 12.9. The highest BCUT2D eigenvalue weighted by molar-refractivity contribution is 5.83. The van der Waals surface area contributed by atoms with E-state index < -0.39 is 0 Å². The number of aliphatic hydroxyl groups excluding tert-OH is 1. The number of amides is 1. The van der Waals surface area contributed by atoms with Crippen molar-refractivity contribution in [3.8, 4) is 0 Å². The zero-order valence-corrected chi connectivity index (χ0v) is 13.2. The van der Waals surface area contributed by atoms with E-state index in [-0.39, 0.29) is 24.0 Å². The molecular formula is C17H29NO2. The molecule has 4 rings (SSSR count). The van der Waals surface area contributed by atoms with Crippen LogP contribution in [0.4, 0.5) is 0 Å². The lowest BCUT2D eigenvalue weighted by Gasteiger charge is -2.64. The smallest absolute Gasteiger partial charge is 0.226 e. The van der Waals surface area contributed by atoms with Gasteiger partial charge in [-0.1, -0.05) is 20.8 Å². The van der Waals surface area contributed by atoms with E-state index in [0.29, 0.717) is 10.8 Å². The number of carbonyl (C=O) groups is 1. The normalized spacial score (nSPS) is 47.3. The van der Waals surface area contributed by atoms with Crippen molar-refractivity contribution in [3.63, 3.8) is 0 Å². The Kier molecular flexibility index (Phi) is 3.20. The SMILES string of the molecule is CC[C@@H](CO)NC(=O)C12CC3CC(C)(CC(C)(C3)C1)C2. The van der Waals surface area contributed by atoms with Crippen LogP contribution in [0.25, 0.3) is 0 Å². The molecular weight excluding hydrogens is 250 g/mol. The number of hydrogen-bond donors (Lipinski definition) is 2. The molecule has 2 unspecified atom stereocenters. The molecule has 2 N–H and O–H groups in total. The molecule has 0 spiro atoms. The van der Waals surface area contributed by atoms with Crippen molar-refractivity contribution in [2.75, 3.05) is 6.61 Å². The summed E-state index contributed by atoms with van der Waals surface area (Å²) in [5.41, 5.74) is 0.588. The van der Waals surface area contributed by atoms with Gasteiger partial charge in [0.25, 0.3) is 0 Å². The first-order valence-corrected chi connectivity index (χ1v) is 8.24. The quantitative estimate of drug-likeness (QED) is 0.831. The van der Waals surface area contributed by atoms with Gasteiger partial charge in [-0.2, -0.15) is 0 Å². The predicted octanol–water partition coefficient (Wildman–Crippen LogP) is 2.87. The standard InChI is InChI=1S/C17H29NO2/c1-4-13(8-19)18-14(20)17-7-12-5-15(2,10-17)9-16(3,6-12)11-17/h12-13,19H,4-11H2,1-3H3,(H,18,20)/t12?,13-,15?,16?,17?/m0/s1. The lowest BCUT2D eigenvalue weighted by Crippen LogP contribution is -2.60.